The number of nitrogens with one attached hydrogen (secondary N) is 2. The van der Waals surface area contributed by atoms with Gasteiger partial charge in [0.15, 0.2) is 0 Å². The number of amides is 1. The van der Waals surface area contributed by atoms with E-state index < -0.39 is 0 Å². The highest BCUT2D eigenvalue weighted by molar-refractivity contribution is 5.79. The van der Waals surface area contributed by atoms with Crippen LogP contribution in [0.5, 0.6) is 5.75 Å². The molecule has 27 heavy (non-hydrogen) atoms. The van der Waals surface area contributed by atoms with Gasteiger partial charge in [-0.2, -0.15) is 0 Å². The van der Waals surface area contributed by atoms with Crippen molar-refractivity contribution in [1.82, 2.24) is 10.3 Å². The minimum atomic E-state index is -0.0578. The van der Waals surface area contributed by atoms with Crippen molar-refractivity contribution in [3.8, 4) is 5.75 Å². The van der Waals surface area contributed by atoms with Gasteiger partial charge in [-0.25, -0.2) is 0 Å². The van der Waals surface area contributed by atoms with Crippen LogP contribution in [0.3, 0.4) is 0 Å². The Bertz CT molecular complexity index is 1010. The van der Waals surface area contributed by atoms with Crippen LogP contribution in [0, 0.1) is 6.92 Å². The quantitative estimate of drug-likeness (QED) is 0.677. The summed E-state index contributed by atoms with van der Waals surface area (Å²) in [7, 11) is 1.64. The largest absolute Gasteiger partial charge is 0.496 e. The topological polar surface area (TPSA) is 71.2 Å². The first kappa shape index (κ1) is 18.7. The van der Waals surface area contributed by atoms with Crippen LogP contribution < -0.4 is 15.6 Å². The molecule has 5 heteroatoms. The predicted molar refractivity (Wildman–Crippen MR) is 107 cm³/mol. The smallest absolute Gasteiger partial charge is 0.251 e. The van der Waals surface area contributed by atoms with E-state index in [1.54, 1.807) is 14.0 Å². The minimum absolute atomic E-state index is 0.0295. The number of aromatic amines is 1. The number of methoxy groups -OCH3 is 1. The fourth-order valence-electron chi connectivity index (χ4n) is 3.11. The molecule has 0 fully saturated rings. The zero-order chi connectivity index (χ0) is 19.2. The van der Waals surface area contributed by atoms with Gasteiger partial charge in [0.1, 0.15) is 5.75 Å². The molecule has 2 N–H and O–H groups in total. The van der Waals surface area contributed by atoms with Crippen molar-refractivity contribution in [2.75, 3.05) is 13.7 Å². The average Bonchev–Trinajstić information content (AvgIpc) is 2.67. The van der Waals surface area contributed by atoms with Gasteiger partial charge >= 0.3 is 0 Å². The van der Waals surface area contributed by atoms with E-state index in [9.17, 15) is 9.59 Å². The minimum Gasteiger partial charge on any atom is -0.496 e. The molecule has 0 saturated heterocycles. The van der Waals surface area contributed by atoms with Gasteiger partial charge in [-0.3, -0.25) is 9.59 Å². The number of ether oxygens (including phenoxy) is 1. The number of aryl methyl sites for hydroxylation is 2. The summed E-state index contributed by atoms with van der Waals surface area (Å²) < 4.78 is 5.31. The van der Waals surface area contributed by atoms with Crippen LogP contribution in [0.2, 0.25) is 0 Å². The summed E-state index contributed by atoms with van der Waals surface area (Å²) in [4.78, 5) is 26.6. The molecule has 0 spiro atoms. The molecule has 1 amide bonds. The average molecular weight is 364 g/mol. The molecule has 1 heterocycles. The van der Waals surface area contributed by atoms with Crippen molar-refractivity contribution in [3.05, 3.63) is 75.6 Å². The van der Waals surface area contributed by atoms with Crippen molar-refractivity contribution >= 4 is 16.8 Å². The molecule has 0 atom stereocenters. The number of carbonyl (C=O) groups excluding carboxylic acids is 1. The number of H-pyrrole nitrogens is 1. The molecule has 0 aliphatic carbocycles. The van der Waals surface area contributed by atoms with Gasteiger partial charge in [0.25, 0.3) is 5.56 Å². The van der Waals surface area contributed by atoms with Crippen LogP contribution in [-0.2, 0) is 17.6 Å². The summed E-state index contributed by atoms with van der Waals surface area (Å²) >= 11 is 0. The summed E-state index contributed by atoms with van der Waals surface area (Å²) in [6.07, 6.45) is 1.82. The molecule has 0 aliphatic rings. The maximum Gasteiger partial charge on any atom is 0.251 e. The lowest BCUT2D eigenvalue weighted by atomic mass is 10.1. The molecule has 0 radical (unpaired) electrons. The standard InChI is InChI=1S/C22H24N2O3/c1-15-13-18-14-16(7-9-19(18)24-22(15)26)11-12-23-21(25)10-8-17-5-3-4-6-20(17)27-2/h3-7,9,13-14H,8,10-12H2,1-2H3,(H,23,25)(H,24,26). The Morgan fingerprint density at radius 2 is 1.93 bits per heavy atom. The van der Waals surface area contributed by atoms with Gasteiger partial charge in [0.2, 0.25) is 5.91 Å². The Morgan fingerprint density at radius 1 is 1.11 bits per heavy atom. The van der Waals surface area contributed by atoms with Gasteiger partial charge in [0.05, 0.1) is 7.11 Å². The Hall–Kier alpha value is -3.08. The number of para-hydroxylation sites is 1. The van der Waals surface area contributed by atoms with Crippen LogP contribution >= 0.6 is 0 Å². The Labute approximate surface area is 158 Å². The van der Waals surface area contributed by atoms with Crippen molar-refractivity contribution in [2.45, 2.75) is 26.2 Å². The lowest BCUT2D eigenvalue weighted by Crippen LogP contribution is -2.25. The van der Waals surface area contributed by atoms with E-state index in [1.165, 1.54) is 0 Å². The second-order valence-corrected chi connectivity index (χ2v) is 6.61. The maximum atomic E-state index is 12.1. The number of hydrogen-bond acceptors (Lipinski definition) is 3. The number of carbonyl (C=O) groups is 1. The second kappa shape index (κ2) is 8.54. The fourth-order valence-corrected chi connectivity index (χ4v) is 3.11. The summed E-state index contributed by atoms with van der Waals surface area (Å²) in [5.41, 5.74) is 3.63. The molecule has 0 saturated carbocycles. The van der Waals surface area contributed by atoms with E-state index in [0.717, 1.165) is 34.2 Å². The number of hydrogen-bond donors (Lipinski definition) is 2. The summed E-state index contributed by atoms with van der Waals surface area (Å²) in [5, 5.41) is 3.98. The molecular weight excluding hydrogens is 340 g/mol. The Morgan fingerprint density at radius 3 is 2.74 bits per heavy atom. The third kappa shape index (κ3) is 4.76. The molecule has 1 aromatic heterocycles. The van der Waals surface area contributed by atoms with Gasteiger partial charge in [-0.15, -0.1) is 0 Å². The molecule has 140 valence electrons. The lowest BCUT2D eigenvalue weighted by Gasteiger charge is -2.09. The van der Waals surface area contributed by atoms with E-state index in [2.05, 4.69) is 16.4 Å². The van der Waals surface area contributed by atoms with Crippen molar-refractivity contribution in [2.24, 2.45) is 0 Å². The number of pyridine rings is 1. The van der Waals surface area contributed by atoms with E-state index >= 15 is 0 Å². The third-order valence-electron chi connectivity index (χ3n) is 4.64. The van der Waals surface area contributed by atoms with Crippen LogP contribution in [0.25, 0.3) is 10.9 Å². The Balaban J connectivity index is 1.52. The van der Waals surface area contributed by atoms with Crippen molar-refractivity contribution in [3.63, 3.8) is 0 Å². The summed E-state index contributed by atoms with van der Waals surface area (Å²) in [6, 6.07) is 15.6. The predicted octanol–water partition coefficient (Wildman–Crippen LogP) is 3.14. The van der Waals surface area contributed by atoms with Gasteiger partial charge in [-0.1, -0.05) is 24.3 Å². The molecule has 3 aromatic rings. The van der Waals surface area contributed by atoms with Gasteiger partial charge in [-0.05, 0) is 60.5 Å². The van der Waals surface area contributed by atoms with Gasteiger partial charge in [0, 0.05) is 24.0 Å². The van der Waals surface area contributed by atoms with E-state index in [1.807, 2.05) is 42.5 Å². The molecular formula is C22H24N2O3. The van der Waals surface area contributed by atoms with Crippen LogP contribution in [0.15, 0.2) is 53.3 Å². The van der Waals surface area contributed by atoms with Crippen LogP contribution in [0.4, 0.5) is 0 Å². The summed E-state index contributed by atoms with van der Waals surface area (Å²) in [6.45, 7) is 2.38. The fraction of sp³-hybridized carbons (Fsp3) is 0.273. The SMILES string of the molecule is COc1ccccc1CCC(=O)NCCc1ccc2[nH]c(=O)c(C)cc2c1. The van der Waals surface area contributed by atoms with E-state index in [4.69, 9.17) is 4.74 Å². The van der Waals surface area contributed by atoms with E-state index in [0.29, 0.717) is 24.9 Å². The zero-order valence-corrected chi connectivity index (χ0v) is 15.7. The highest BCUT2D eigenvalue weighted by Crippen LogP contribution is 2.18. The van der Waals surface area contributed by atoms with Crippen LogP contribution in [0.1, 0.15) is 23.1 Å². The number of rotatable bonds is 7. The maximum absolute atomic E-state index is 12.1. The number of aromatic nitrogens is 1. The lowest BCUT2D eigenvalue weighted by molar-refractivity contribution is -0.121. The first-order valence-electron chi connectivity index (χ1n) is 9.08. The normalized spacial score (nSPS) is 10.7. The Kier molecular flexibility index (Phi) is 5.91. The van der Waals surface area contributed by atoms with E-state index in [-0.39, 0.29) is 11.5 Å². The zero-order valence-electron chi connectivity index (χ0n) is 15.7. The second-order valence-electron chi connectivity index (χ2n) is 6.61. The first-order chi connectivity index (χ1) is 13.1. The molecule has 2 aromatic carbocycles. The highest BCUT2D eigenvalue weighted by atomic mass is 16.5. The summed E-state index contributed by atoms with van der Waals surface area (Å²) in [5.74, 6) is 0.844. The monoisotopic (exact) mass is 364 g/mol. The molecule has 3 rings (SSSR count). The third-order valence-corrected chi connectivity index (χ3v) is 4.64. The van der Waals surface area contributed by atoms with Crippen molar-refractivity contribution < 1.29 is 9.53 Å². The molecule has 5 nitrogen and oxygen atoms in total. The molecule has 0 aliphatic heterocycles. The first-order valence-corrected chi connectivity index (χ1v) is 9.08. The van der Waals surface area contributed by atoms with Crippen molar-refractivity contribution in [1.29, 1.82) is 0 Å². The number of benzene rings is 2. The van der Waals surface area contributed by atoms with Crippen LogP contribution in [-0.4, -0.2) is 24.5 Å². The number of fused-ring (bicyclic) bond motifs is 1. The van der Waals surface area contributed by atoms with Gasteiger partial charge < -0.3 is 15.0 Å². The highest BCUT2D eigenvalue weighted by Gasteiger charge is 2.06. The molecule has 0 unspecified atom stereocenters. The molecule has 0 bridgehead atoms.